The van der Waals surface area contributed by atoms with Gasteiger partial charge in [0.05, 0.1) is 6.26 Å². The lowest BCUT2D eigenvalue weighted by molar-refractivity contribution is 0.434. The minimum Gasteiger partial charge on any atom is -0.309 e. The molecule has 5 heteroatoms. The van der Waals surface area contributed by atoms with Crippen molar-refractivity contribution in [3.8, 4) is 0 Å². The second-order valence-electron chi connectivity index (χ2n) is 5.28. The minimum atomic E-state index is -3.09. The van der Waals surface area contributed by atoms with E-state index in [9.17, 15) is 8.42 Å². The molecule has 2 rings (SSSR count). The molecule has 0 radical (unpaired) electrons. The number of hydrogen-bond donors (Lipinski definition) is 2. The predicted octanol–water partition coefficient (Wildman–Crippen LogP) is 1.76. The lowest BCUT2D eigenvalue weighted by Crippen LogP contribution is -2.34. The summed E-state index contributed by atoms with van der Waals surface area (Å²) in [6.07, 6.45) is 3.47. The van der Waals surface area contributed by atoms with Crippen molar-refractivity contribution in [3.05, 3.63) is 35.4 Å². The molecular weight excluding hydrogens is 260 g/mol. The number of benzene rings is 1. The van der Waals surface area contributed by atoms with Gasteiger partial charge in [0.25, 0.3) is 0 Å². The first-order valence-electron chi connectivity index (χ1n) is 6.74. The minimum absolute atomic E-state index is 0.341. The lowest BCUT2D eigenvalue weighted by Gasteiger charge is -2.30. The normalized spacial score (nSPS) is 23.1. The predicted molar refractivity (Wildman–Crippen MR) is 77.7 cm³/mol. The Morgan fingerprint density at radius 2 is 1.84 bits per heavy atom. The molecule has 1 aliphatic carbocycles. The average molecular weight is 282 g/mol. The highest BCUT2D eigenvalue weighted by atomic mass is 32.2. The molecule has 2 N–H and O–H groups in total. The Kier molecular flexibility index (Phi) is 4.60. The third-order valence-corrected chi connectivity index (χ3v) is 4.40. The van der Waals surface area contributed by atoms with Gasteiger partial charge in [-0.25, -0.2) is 13.1 Å². The van der Waals surface area contributed by atoms with Gasteiger partial charge in [0, 0.05) is 19.1 Å². The molecule has 106 valence electrons. The van der Waals surface area contributed by atoms with Crippen LogP contribution in [0.1, 0.15) is 42.9 Å². The van der Waals surface area contributed by atoms with Crippen LogP contribution in [0.3, 0.4) is 0 Å². The van der Waals surface area contributed by atoms with Gasteiger partial charge in [-0.15, -0.1) is 0 Å². The van der Waals surface area contributed by atoms with E-state index in [1.807, 2.05) is 0 Å². The van der Waals surface area contributed by atoms with E-state index in [2.05, 4.69) is 41.2 Å². The maximum atomic E-state index is 11.0. The molecule has 0 aliphatic heterocycles. The summed E-state index contributed by atoms with van der Waals surface area (Å²) in [6, 6.07) is 8.87. The van der Waals surface area contributed by atoms with Crippen molar-refractivity contribution in [3.63, 3.8) is 0 Å². The summed E-state index contributed by atoms with van der Waals surface area (Å²) in [5, 5.41) is 3.44. The first-order chi connectivity index (χ1) is 8.97. The second-order valence-corrected chi connectivity index (χ2v) is 7.11. The Balaban J connectivity index is 1.94. The summed E-state index contributed by atoms with van der Waals surface area (Å²) < 4.78 is 24.5. The van der Waals surface area contributed by atoms with Crippen LogP contribution in [0.15, 0.2) is 24.3 Å². The van der Waals surface area contributed by atoms with E-state index >= 15 is 0 Å². The van der Waals surface area contributed by atoms with Crippen LogP contribution in [0.5, 0.6) is 0 Å². The highest BCUT2D eigenvalue weighted by molar-refractivity contribution is 7.88. The van der Waals surface area contributed by atoms with E-state index in [0.29, 0.717) is 25.0 Å². The maximum absolute atomic E-state index is 11.0. The summed E-state index contributed by atoms with van der Waals surface area (Å²) in [5.41, 5.74) is 2.78. The van der Waals surface area contributed by atoms with Gasteiger partial charge in [-0.3, -0.25) is 0 Å². The van der Waals surface area contributed by atoms with E-state index in [4.69, 9.17) is 0 Å². The zero-order chi connectivity index (χ0) is 13.9. The first-order valence-corrected chi connectivity index (χ1v) is 8.63. The van der Waals surface area contributed by atoms with E-state index < -0.39 is 10.0 Å². The molecule has 0 saturated heterocycles. The Morgan fingerprint density at radius 3 is 2.53 bits per heavy atom. The Bertz CT molecular complexity index is 528. The Labute approximate surface area is 115 Å². The van der Waals surface area contributed by atoms with Crippen LogP contribution in [-0.2, 0) is 10.0 Å². The zero-order valence-corrected chi connectivity index (χ0v) is 12.3. The smallest absolute Gasteiger partial charge is 0.208 e. The van der Waals surface area contributed by atoms with Crippen LogP contribution in [0.4, 0.5) is 0 Å². The van der Waals surface area contributed by atoms with Crippen molar-refractivity contribution in [1.29, 1.82) is 0 Å². The first kappa shape index (κ1) is 14.5. The van der Waals surface area contributed by atoms with E-state index in [1.54, 1.807) is 0 Å². The third kappa shape index (κ3) is 4.03. The quantitative estimate of drug-likeness (QED) is 0.809. The molecule has 4 nitrogen and oxygen atoms in total. The van der Waals surface area contributed by atoms with Crippen LogP contribution < -0.4 is 10.0 Å². The summed E-state index contributed by atoms with van der Waals surface area (Å²) in [4.78, 5) is 0. The number of rotatable bonds is 5. The largest absolute Gasteiger partial charge is 0.309 e. The van der Waals surface area contributed by atoms with Crippen molar-refractivity contribution in [1.82, 2.24) is 10.0 Å². The molecule has 0 heterocycles. The fourth-order valence-corrected chi connectivity index (χ4v) is 3.17. The average Bonchev–Trinajstić information content (AvgIpc) is 2.36. The number of hydrogen-bond acceptors (Lipinski definition) is 3. The van der Waals surface area contributed by atoms with Gasteiger partial charge in [0.2, 0.25) is 10.0 Å². The molecule has 0 aromatic heterocycles. The molecule has 1 aliphatic rings. The summed E-state index contributed by atoms with van der Waals surface area (Å²) >= 11 is 0. The summed E-state index contributed by atoms with van der Waals surface area (Å²) in [5.74, 6) is 0.614. The maximum Gasteiger partial charge on any atom is 0.208 e. The Morgan fingerprint density at radius 1 is 1.16 bits per heavy atom. The lowest BCUT2D eigenvalue weighted by atomic mass is 9.81. The van der Waals surface area contributed by atoms with Gasteiger partial charge in [-0.1, -0.05) is 31.2 Å². The van der Waals surface area contributed by atoms with Crippen LogP contribution in [0, 0.1) is 0 Å². The molecule has 2 atom stereocenters. The van der Waals surface area contributed by atoms with Crippen LogP contribution in [-0.4, -0.2) is 27.8 Å². The van der Waals surface area contributed by atoms with Crippen molar-refractivity contribution in [2.45, 2.75) is 31.7 Å². The van der Waals surface area contributed by atoms with E-state index in [0.717, 1.165) is 6.42 Å². The van der Waals surface area contributed by atoms with Crippen LogP contribution in [0.2, 0.25) is 0 Å². The molecule has 2 unspecified atom stereocenters. The van der Waals surface area contributed by atoms with Crippen LogP contribution >= 0.6 is 0 Å². The molecule has 1 aromatic rings. The highest BCUT2D eigenvalue weighted by Crippen LogP contribution is 2.36. The second kappa shape index (κ2) is 6.03. The monoisotopic (exact) mass is 282 g/mol. The number of fused-ring (bicyclic) bond motifs is 1. The third-order valence-electron chi connectivity index (χ3n) is 3.67. The van der Waals surface area contributed by atoms with Gasteiger partial charge in [-0.2, -0.15) is 0 Å². The Hall–Kier alpha value is -0.910. The molecule has 0 spiro atoms. The van der Waals surface area contributed by atoms with Gasteiger partial charge in [0.15, 0.2) is 0 Å². The van der Waals surface area contributed by atoms with E-state index in [-0.39, 0.29) is 0 Å². The van der Waals surface area contributed by atoms with Crippen molar-refractivity contribution in [2.75, 3.05) is 19.3 Å². The molecule has 0 amide bonds. The molecule has 0 bridgehead atoms. The number of sulfonamides is 1. The van der Waals surface area contributed by atoms with Crippen molar-refractivity contribution < 1.29 is 8.42 Å². The van der Waals surface area contributed by atoms with Gasteiger partial charge in [0.1, 0.15) is 0 Å². The highest BCUT2D eigenvalue weighted by Gasteiger charge is 2.23. The SMILES string of the molecule is CC1CCC(NCCNS(C)(=O)=O)c2ccccc21. The van der Waals surface area contributed by atoms with Gasteiger partial charge < -0.3 is 5.32 Å². The molecule has 1 aromatic carbocycles. The van der Waals surface area contributed by atoms with Crippen LogP contribution in [0.25, 0.3) is 0 Å². The fraction of sp³-hybridized carbons (Fsp3) is 0.571. The van der Waals surface area contributed by atoms with E-state index in [1.165, 1.54) is 23.8 Å². The number of nitrogens with one attached hydrogen (secondary N) is 2. The fourth-order valence-electron chi connectivity index (χ4n) is 2.70. The van der Waals surface area contributed by atoms with Gasteiger partial charge in [-0.05, 0) is 29.9 Å². The topological polar surface area (TPSA) is 58.2 Å². The molecular formula is C14H22N2O2S. The summed E-state index contributed by atoms with van der Waals surface area (Å²) in [7, 11) is -3.09. The van der Waals surface area contributed by atoms with Crippen molar-refractivity contribution >= 4 is 10.0 Å². The zero-order valence-electron chi connectivity index (χ0n) is 11.5. The molecule has 0 fully saturated rings. The standard InChI is InChI=1S/C14H22N2O2S/c1-11-7-8-14(13-6-4-3-5-12(11)13)15-9-10-16-19(2,17)18/h3-6,11,14-16H,7-10H2,1-2H3. The molecule has 0 saturated carbocycles. The van der Waals surface area contributed by atoms with Crippen molar-refractivity contribution in [2.24, 2.45) is 0 Å². The van der Waals surface area contributed by atoms with Gasteiger partial charge >= 0.3 is 0 Å². The summed E-state index contributed by atoms with van der Waals surface area (Å²) in [6.45, 7) is 3.35. The molecule has 19 heavy (non-hydrogen) atoms.